The first kappa shape index (κ1) is 18.7. The molecule has 2 rings (SSSR count). The molecular formula is C18H20F2N2O3. The number of halogens is 2. The fraction of sp³-hybridized carbons (Fsp3) is 0.278. The number of carbonyl (C=O) groups is 1. The second-order valence-corrected chi connectivity index (χ2v) is 5.39. The van der Waals surface area contributed by atoms with E-state index in [1.165, 1.54) is 20.3 Å². The van der Waals surface area contributed by atoms with E-state index in [-0.39, 0.29) is 18.5 Å². The largest absolute Gasteiger partial charge is 0.497 e. The van der Waals surface area contributed by atoms with E-state index >= 15 is 0 Å². The highest BCUT2D eigenvalue weighted by molar-refractivity contribution is 5.93. The van der Waals surface area contributed by atoms with Crippen molar-refractivity contribution in [3.63, 3.8) is 0 Å². The molecule has 0 aromatic heterocycles. The number of rotatable bonds is 7. The SMILES string of the molecule is COc1ccc(NC(=O)CN[C@@H](C)c2ccc(F)c(F)c2)c(OC)c1. The molecule has 0 saturated heterocycles. The van der Waals surface area contributed by atoms with Gasteiger partial charge in [0.25, 0.3) is 0 Å². The van der Waals surface area contributed by atoms with Gasteiger partial charge in [0.05, 0.1) is 26.5 Å². The van der Waals surface area contributed by atoms with Gasteiger partial charge >= 0.3 is 0 Å². The van der Waals surface area contributed by atoms with Gasteiger partial charge in [-0.1, -0.05) is 6.07 Å². The van der Waals surface area contributed by atoms with Crippen LogP contribution in [0.25, 0.3) is 0 Å². The second-order valence-electron chi connectivity index (χ2n) is 5.39. The molecule has 7 heteroatoms. The van der Waals surface area contributed by atoms with Crippen molar-refractivity contribution in [3.05, 3.63) is 53.6 Å². The van der Waals surface area contributed by atoms with Gasteiger partial charge in [0.15, 0.2) is 11.6 Å². The third-order valence-corrected chi connectivity index (χ3v) is 3.70. The zero-order valence-electron chi connectivity index (χ0n) is 14.2. The molecule has 2 aromatic carbocycles. The Hall–Kier alpha value is -2.67. The molecule has 25 heavy (non-hydrogen) atoms. The number of hydrogen-bond donors (Lipinski definition) is 2. The lowest BCUT2D eigenvalue weighted by Crippen LogP contribution is -2.30. The number of anilines is 1. The van der Waals surface area contributed by atoms with Crippen molar-refractivity contribution in [2.75, 3.05) is 26.1 Å². The van der Waals surface area contributed by atoms with E-state index in [0.29, 0.717) is 22.7 Å². The van der Waals surface area contributed by atoms with E-state index in [9.17, 15) is 13.6 Å². The summed E-state index contributed by atoms with van der Waals surface area (Å²) in [5.74, 6) is -1.03. The van der Waals surface area contributed by atoms with Crippen LogP contribution in [-0.2, 0) is 4.79 Å². The van der Waals surface area contributed by atoms with Crippen molar-refractivity contribution in [2.45, 2.75) is 13.0 Å². The number of methoxy groups -OCH3 is 2. The van der Waals surface area contributed by atoms with E-state index in [0.717, 1.165) is 12.1 Å². The summed E-state index contributed by atoms with van der Waals surface area (Å²) >= 11 is 0. The zero-order chi connectivity index (χ0) is 18.4. The molecule has 2 N–H and O–H groups in total. The average molecular weight is 350 g/mol. The Morgan fingerprint density at radius 1 is 1.08 bits per heavy atom. The average Bonchev–Trinajstić information content (AvgIpc) is 2.62. The lowest BCUT2D eigenvalue weighted by atomic mass is 10.1. The zero-order valence-corrected chi connectivity index (χ0v) is 14.2. The van der Waals surface area contributed by atoms with Gasteiger partial charge in [-0.3, -0.25) is 4.79 Å². The van der Waals surface area contributed by atoms with Crippen molar-refractivity contribution in [3.8, 4) is 11.5 Å². The predicted octanol–water partition coefficient (Wildman–Crippen LogP) is 3.27. The van der Waals surface area contributed by atoms with Gasteiger partial charge in [0.2, 0.25) is 5.91 Å². The van der Waals surface area contributed by atoms with Crippen molar-refractivity contribution in [1.82, 2.24) is 5.32 Å². The minimum absolute atomic E-state index is 0.00462. The fourth-order valence-electron chi connectivity index (χ4n) is 2.24. The Morgan fingerprint density at radius 2 is 1.84 bits per heavy atom. The first-order valence-corrected chi connectivity index (χ1v) is 7.64. The molecule has 0 aliphatic rings. The van der Waals surface area contributed by atoms with E-state index in [1.54, 1.807) is 25.1 Å². The van der Waals surface area contributed by atoms with Crippen LogP contribution in [0.1, 0.15) is 18.5 Å². The Labute approximate surface area is 144 Å². The molecule has 0 aliphatic carbocycles. The molecule has 1 atom stereocenters. The molecule has 0 heterocycles. The molecule has 134 valence electrons. The van der Waals surface area contributed by atoms with Gasteiger partial charge in [-0.05, 0) is 36.8 Å². The molecule has 0 unspecified atom stereocenters. The van der Waals surface area contributed by atoms with Crippen molar-refractivity contribution in [1.29, 1.82) is 0 Å². The summed E-state index contributed by atoms with van der Waals surface area (Å²) < 4.78 is 36.5. The molecule has 2 aromatic rings. The monoisotopic (exact) mass is 350 g/mol. The summed E-state index contributed by atoms with van der Waals surface area (Å²) in [6, 6.07) is 8.36. The van der Waals surface area contributed by atoms with Crippen molar-refractivity contribution >= 4 is 11.6 Å². The molecule has 0 spiro atoms. The van der Waals surface area contributed by atoms with Gasteiger partial charge < -0.3 is 20.1 Å². The number of amides is 1. The molecule has 5 nitrogen and oxygen atoms in total. The third kappa shape index (κ3) is 4.90. The summed E-state index contributed by atoms with van der Waals surface area (Å²) in [5.41, 5.74) is 1.06. The van der Waals surface area contributed by atoms with E-state index in [2.05, 4.69) is 10.6 Å². The minimum Gasteiger partial charge on any atom is -0.497 e. The maximum absolute atomic E-state index is 13.3. The highest BCUT2D eigenvalue weighted by Gasteiger charge is 2.12. The van der Waals surface area contributed by atoms with Crippen LogP contribution in [0.3, 0.4) is 0 Å². The van der Waals surface area contributed by atoms with Crippen molar-refractivity contribution < 1.29 is 23.0 Å². The van der Waals surface area contributed by atoms with Crippen LogP contribution >= 0.6 is 0 Å². The lowest BCUT2D eigenvalue weighted by Gasteiger charge is -2.15. The van der Waals surface area contributed by atoms with Crippen LogP contribution in [0.2, 0.25) is 0 Å². The van der Waals surface area contributed by atoms with Gasteiger partial charge in [0, 0.05) is 12.1 Å². The van der Waals surface area contributed by atoms with Gasteiger partial charge in [-0.25, -0.2) is 8.78 Å². The second kappa shape index (κ2) is 8.43. The Bertz CT molecular complexity index is 753. The van der Waals surface area contributed by atoms with E-state index in [1.807, 2.05) is 0 Å². The maximum atomic E-state index is 13.3. The molecule has 0 fully saturated rings. The highest BCUT2D eigenvalue weighted by atomic mass is 19.2. The molecule has 1 amide bonds. The lowest BCUT2D eigenvalue weighted by molar-refractivity contribution is -0.115. The fourth-order valence-corrected chi connectivity index (χ4v) is 2.24. The number of hydrogen-bond acceptors (Lipinski definition) is 4. The Balaban J connectivity index is 1.95. The third-order valence-electron chi connectivity index (χ3n) is 3.70. The molecule has 0 saturated carbocycles. The van der Waals surface area contributed by atoms with Crippen LogP contribution in [-0.4, -0.2) is 26.7 Å². The first-order chi connectivity index (χ1) is 11.9. The van der Waals surface area contributed by atoms with Crippen LogP contribution in [0.15, 0.2) is 36.4 Å². The molecular weight excluding hydrogens is 330 g/mol. The van der Waals surface area contributed by atoms with E-state index in [4.69, 9.17) is 9.47 Å². The number of ether oxygens (including phenoxy) is 2. The quantitative estimate of drug-likeness (QED) is 0.805. The number of benzene rings is 2. The molecule has 0 bridgehead atoms. The summed E-state index contributed by atoms with van der Waals surface area (Å²) in [6.07, 6.45) is 0. The summed E-state index contributed by atoms with van der Waals surface area (Å²) in [5, 5.41) is 5.68. The number of nitrogens with one attached hydrogen (secondary N) is 2. The van der Waals surface area contributed by atoms with Gasteiger partial charge in [-0.2, -0.15) is 0 Å². The predicted molar refractivity (Wildman–Crippen MR) is 91.0 cm³/mol. The topological polar surface area (TPSA) is 59.6 Å². The standard InChI is InChI=1S/C18H20F2N2O3/c1-11(12-4-6-14(19)15(20)8-12)21-10-18(23)22-16-7-5-13(24-2)9-17(16)25-3/h4-9,11,21H,10H2,1-3H3,(H,22,23)/t11-/m0/s1. The Kier molecular flexibility index (Phi) is 6.30. The van der Waals surface area contributed by atoms with Crippen LogP contribution < -0.4 is 20.1 Å². The molecule has 0 aliphatic heterocycles. The van der Waals surface area contributed by atoms with Crippen LogP contribution in [0, 0.1) is 11.6 Å². The van der Waals surface area contributed by atoms with Gasteiger partial charge in [-0.15, -0.1) is 0 Å². The maximum Gasteiger partial charge on any atom is 0.238 e. The summed E-state index contributed by atoms with van der Waals surface area (Å²) in [6.45, 7) is 1.75. The normalized spacial score (nSPS) is 11.7. The highest BCUT2D eigenvalue weighted by Crippen LogP contribution is 2.28. The number of carbonyl (C=O) groups excluding carboxylic acids is 1. The smallest absolute Gasteiger partial charge is 0.238 e. The summed E-state index contributed by atoms with van der Waals surface area (Å²) in [7, 11) is 3.03. The summed E-state index contributed by atoms with van der Waals surface area (Å²) in [4.78, 5) is 12.1. The first-order valence-electron chi connectivity index (χ1n) is 7.64. The van der Waals surface area contributed by atoms with Crippen molar-refractivity contribution in [2.24, 2.45) is 0 Å². The van der Waals surface area contributed by atoms with Crippen LogP contribution in [0.4, 0.5) is 14.5 Å². The minimum atomic E-state index is -0.918. The van der Waals surface area contributed by atoms with Crippen LogP contribution in [0.5, 0.6) is 11.5 Å². The van der Waals surface area contributed by atoms with E-state index < -0.39 is 11.6 Å². The molecule has 0 radical (unpaired) electrons. The van der Waals surface area contributed by atoms with Gasteiger partial charge in [0.1, 0.15) is 11.5 Å². The Morgan fingerprint density at radius 3 is 2.48 bits per heavy atom.